The van der Waals surface area contributed by atoms with E-state index in [0.717, 1.165) is 16.5 Å². The first-order chi connectivity index (χ1) is 15.9. The van der Waals surface area contributed by atoms with Gasteiger partial charge in [0, 0.05) is 46.9 Å². The Balaban J connectivity index is 1.75. The van der Waals surface area contributed by atoms with E-state index in [2.05, 4.69) is 0 Å². The highest BCUT2D eigenvalue weighted by Crippen LogP contribution is 2.27. The number of allylic oxidation sites excluding steroid dienone is 1. The maximum Gasteiger partial charge on any atom is 0.270 e. The van der Waals surface area contributed by atoms with Gasteiger partial charge in [0.2, 0.25) is 5.78 Å². The molecule has 1 heterocycles. The Hall–Kier alpha value is -3.92. The molecule has 0 spiro atoms. The zero-order valence-corrected chi connectivity index (χ0v) is 18.5. The highest BCUT2D eigenvalue weighted by Gasteiger charge is 2.17. The number of nitrogens with zero attached hydrogens (tertiary/aromatic N) is 3. The summed E-state index contributed by atoms with van der Waals surface area (Å²) in [5.41, 5.74) is 2.28. The predicted octanol–water partition coefficient (Wildman–Crippen LogP) is 6.69. The number of para-hydroxylation sites is 1. The second kappa shape index (κ2) is 9.29. The molecule has 0 fully saturated rings. The van der Waals surface area contributed by atoms with Gasteiger partial charge in [-0.2, -0.15) is 5.26 Å². The monoisotopic (exact) mass is 475 g/mol. The van der Waals surface area contributed by atoms with Crippen LogP contribution in [-0.4, -0.2) is 15.3 Å². The number of ketones is 1. The SMILES string of the molecule is N#C/C(=C\c1cn(Cc2ccc(Cl)c(Cl)c2)c2ccccc12)C(=O)c1cccc([N+](=O)[O-])c1. The van der Waals surface area contributed by atoms with Crippen LogP contribution in [0.15, 0.2) is 78.5 Å². The fraction of sp³-hybridized carbons (Fsp3) is 0.0400. The van der Waals surface area contributed by atoms with Gasteiger partial charge in [-0.3, -0.25) is 14.9 Å². The Morgan fingerprint density at radius 1 is 1.06 bits per heavy atom. The summed E-state index contributed by atoms with van der Waals surface area (Å²) in [7, 11) is 0. The van der Waals surface area contributed by atoms with Gasteiger partial charge in [-0.1, -0.05) is 59.6 Å². The quantitative estimate of drug-likeness (QED) is 0.102. The first kappa shape index (κ1) is 22.3. The van der Waals surface area contributed by atoms with Crippen molar-refractivity contribution in [2.75, 3.05) is 0 Å². The van der Waals surface area contributed by atoms with Crippen LogP contribution in [-0.2, 0) is 6.54 Å². The molecule has 0 radical (unpaired) electrons. The van der Waals surface area contributed by atoms with Crippen molar-refractivity contribution in [3.8, 4) is 6.07 Å². The van der Waals surface area contributed by atoms with E-state index in [1.54, 1.807) is 12.1 Å². The Morgan fingerprint density at radius 2 is 1.85 bits per heavy atom. The first-order valence-corrected chi connectivity index (χ1v) is 10.6. The standard InChI is InChI=1S/C25H15Cl2N3O3/c26-22-9-8-16(10-23(22)27)14-29-15-19(21-6-1-2-7-24(21)29)11-18(13-28)25(31)17-4-3-5-20(12-17)30(32)33/h1-12,15H,14H2/b18-11+. The van der Waals surface area contributed by atoms with Crippen LogP contribution in [0.3, 0.4) is 0 Å². The third-order valence-corrected chi connectivity index (χ3v) is 5.88. The molecule has 0 N–H and O–H groups in total. The summed E-state index contributed by atoms with van der Waals surface area (Å²) in [6.45, 7) is 0.506. The maximum absolute atomic E-state index is 12.9. The van der Waals surface area contributed by atoms with E-state index in [1.807, 2.05) is 47.2 Å². The Morgan fingerprint density at radius 3 is 2.58 bits per heavy atom. The van der Waals surface area contributed by atoms with Crippen LogP contribution >= 0.6 is 23.2 Å². The van der Waals surface area contributed by atoms with Crippen molar-refractivity contribution in [3.05, 3.63) is 115 Å². The number of nitro benzene ring substituents is 1. The van der Waals surface area contributed by atoms with Crippen LogP contribution in [0, 0.1) is 21.4 Å². The van der Waals surface area contributed by atoms with Crippen LogP contribution in [0.2, 0.25) is 10.0 Å². The van der Waals surface area contributed by atoms with Gasteiger partial charge in [-0.05, 0) is 29.8 Å². The third kappa shape index (κ3) is 4.65. The number of aromatic nitrogens is 1. The van der Waals surface area contributed by atoms with Gasteiger partial charge in [-0.15, -0.1) is 0 Å². The number of Topliss-reactive ketones (excluding diaryl/α,β-unsaturated/α-hetero) is 1. The molecule has 1 aromatic heterocycles. The first-order valence-electron chi connectivity index (χ1n) is 9.80. The van der Waals surface area contributed by atoms with Gasteiger partial charge < -0.3 is 4.57 Å². The lowest BCUT2D eigenvalue weighted by atomic mass is 10.0. The van der Waals surface area contributed by atoms with Gasteiger partial charge in [0.1, 0.15) is 11.6 Å². The summed E-state index contributed by atoms with van der Waals surface area (Å²) in [5.74, 6) is -0.581. The lowest BCUT2D eigenvalue weighted by molar-refractivity contribution is -0.384. The molecule has 4 aromatic rings. The summed E-state index contributed by atoms with van der Waals surface area (Å²) in [4.78, 5) is 23.4. The molecular formula is C25H15Cl2N3O3. The van der Waals surface area contributed by atoms with E-state index in [9.17, 15) is 20.2 Å². The van der Waals surface area contributed by atoms with Crippen molar-refractivity contribution in [1.29, 1.82) is 5.26 Å². The second-order valence-electron chi connectivity index (χ2n) is 7.28. The number of non-ortho nitro benzene ring substituents is 1. The van der Waals surface area contributed by atoms with E-state index >= 15 is 0 Å². The van der Waals surface area contributed by atoms with Gasteiger partial charge in [0.05, 0.1) is 15.0 Å². The molecule has 0 amide bonds. The third-order valence-electron chi connectivity index (χ3n) is 5.14. The maximum atomic E-state index is 12.9. The van der Waals surface area contributed by atoms with Crippen LogP contribution in [0.1, 0.15) is 21.5 Å². The Bertz CT molecular complexity index is 1480. The molecular weight excluding hydrogens is 461 g/mol. The summed E-state index contributed by atoms with van der Waals surface area (Å²) in [6.07, 6.45) is 3.36. The lowest BCUT2D eigenvalue weighted by Crippen LogP contribution is -2.02. The number of hydrogen-bond acceptors (Lipinski definition) is 4. The normalized spacial score (nSPS) is 11.4. The predicted molar refractivity (Wildman–Crippen MR) is 129 cm³/mol. The summed E-state index contributed by atoms with van der Waals surface area (Å²) < 4.78 is 1.99. The molecule has 3 aromatic carbocycles. The molecule has 0 aliphatic carbocycles. The van der Waals surface area contributed by atoms with Crippen molar-refractivity contribution in [2.24, 2.45) is 0 Å². The number of rotatable bonds is 6. The van der Waals surface area contributed by atoms with Crippen molar-refractivity contribution < 1.29 is 9.72 Å². The van der Waals surface area contributed by atoms with E-state index in [-0.39, 0.29) is 16.8 Å². The fourth-order valence-corrected chi connectivity index (χ4v) is 3.90. The zero-order chi connectivity index (χ0) is 23.5. The van der Waals surface area contributed by atoms with Gasteiger partial charge in [-0.25, -0.2) is 0 Å². The van der Waals surface area contributed by atoms with Crippen LogP contribution < -0.4 is 0 Å². The lowest BCUT2D eigenvalue weighted by Gasteiger charge is -2.06. The number of halogens is 2. The highest BCUT2D eigenvalue weighted by atomic mass is 35.5. The number of carbonyl (C=O) groups is 1. The van der Waals surface area contributed by atoms with Crippen molar-refractivity contribution in [3.63, 3.8) is 0 Å². The number of fused-ring (bicyclic) bond motifs is 1. The molecule has 0 atom stereocenters. The molecule has 162 valence electrons. The largest absolute Gasteiger partial charge is 0.342 e. The topological polar surface area (TPSA) is 88.9 Å². The van der Waals surface area contributed by atoms with E-state index in [1.165, 1.54) is 30.3 Å². The van der Waals surface area contributed by atoms with Crippen molar-refractivity contribution >= 4 is 51.7 Å². The van der Waals surface area contributed by atoms with Gasteiger partial charge in [0.25, 0.3) is 5.69 Å². The molecule has 0 saturated carbocycles. The Labute approximate surface area is 199 Å². The van der Waals surface area contributed by atoms with Gasteiger partial charge in [0.15, 0.2) is 0 Å². The van der Waals surface area contributed by atoms with Crippen LogP contribution in [0.25, 0.3) is 17.0 Å². The number of hydrogen-bond donors (Lipinski definition) is 0. The number of nitro groups is 1. The molecule has 0 aliphatic rings. The number of nitriles is 1. The average Bonchev–Trinajstić information content (AvgIpc) is 3.16. The zero-order valence-electron chi connectivity index (χ0n) is 17.0. The molecule has 8 heteroatoms. The molecule has 0 bridgehead atoms. The summed E-state index contributed by atoms with van der Waals surface area (Å²) >= 11 is 12.2. The highest BCUT2D eigenvalue weighted by molar-refractivity contribution is 6.42. The van der Waals surface area contributed by atoms with E-state index in [0.29, 0.717) is 22.2 Å². The number of benzene rings is 3. The molecule has 4 rings (SSSR count). The minimum atomic E-state index is -0.581. The van der Waals surface area contributed by atoms with Gasteiger partial charge >= 0.3 is 0 Å². The minimum absolute atomic E-state index is 0.0801. The average molecular weight is 476 g/mol. The van der Waals surface area contributed by atoms with Crippen LogP contribution in [0.4, 0.5) is 5.69 Å². The Kier molecular flexibility index (Phi) is 6.27. The molecule has 0 saturated heterocycles. The molecule has 0 unspecified atom stereocenters. The second-order valence-corrected chi connectivity index (χ2v) is 8.10. The smallest absolute Gasteiger partial charge is 0.270 e. The molecule has 0 aliphatic heterocycles. The van der Waals surface area contributed by atoms with Crippen molar-refractivity contribution in [1.82, 2.24) is 4.57 Å². The summed E-state index contributed by atoms with van der Waals surface area (Å²) in [5, 5.41) is 22.5. The number of carbonyl (C=O) groups excluding carboxylic acids is 1. The van der Waals surface area contributed by atoms with Crippen molar-refractivity contribution in [2.45, 2.75) is 6.54 Å². The summed E-state index contributed by atoms with van der Waals surface area (Å²) in [6, 6.07) is 20.3. The molecule has 33 heavy (non-hydrogen) atoms. The van der Waals surface area contributed by atoms with E-state index in [4.69, 9.17) is 23.2 Å². The van der Waals surface area contributed by atoms with Crippen LogP contribution in [0.5, 0.6) is 0 Å². The fourth-order valence-electron chi connectivity index (χ4n) is 3.58. The van der Waals surface area contributed by atoms with E-state index < -0.39 is 10.7 Å². The molecule has 6 nitrogen and oxygen atoms in total. The minimum Gasteiger partial charge on any atom is -0.342 e.